The summed E-state index contributed by atoms with van der Waals surface area (Å²) in [5.41, 5.74) is 11.4. The van der Waals surface area contributed by atoms with Gasteiger partial charge in [0.05, 0.1) is 11.3 Å². The van der Waals surface area contributed by atoms with Crippen molar-refractivity contribution in [3.8, 4) is 0 Å². The molecule has 21 heavy (non-hydrogen) atoms. The summed E-state index contributed by atoms with van der Waals surface area (Å²) >= 11 is 0. The molecule has 0 atom stereocenters. The van der Waals surface area contributed by atoms with Crippen LogP contribution in [0.5, 0.6) is 0 Å². The van der Waals surface area contributed by atoms with Crippen LogP contribution < -0.4 is 16.8 Å². The molecule has 0 heterocycles. The number of likely N-dealkylation sites (N-methyl/N-ethyl adjacent to an activating group) is 1. The molecule has 5 N–H and O–H groups in total. The van der Waals surface area contributed by atoms with Gasteiger partial charge in [-0.2, -0.15) is 0 Å². The van der Waals surface area contributed by atoms with Crippen LogP contribution in [0.3, 0.4) is 0 Å². The van der Waals surface area contributed by atoms with Crippen LogP contribution in [0.25, 0.3) is 0 Å². The molecule has 1 aromatic carbocycles. The predicted molar refractivity (Wildman–Crippen MR) is 82.7 cm³/mol. The first-order valence-electron chi connectivity index (χ1n) is 7.16. The summed E-state index contributed by atoms with van der Waals surface area (Å²) in [6, 6.07) is 2.53. The molecule has 1 saturated carbocycles. The Morgan fingerprint density at radius 1 is 1.38 bits per heavy atom. The Balaban J connectivity index is 2.19. The van der Waals surface area contributed by atoms with Gasteiger partial charge < -0.3 is 21.7 Å². The second-order valence-corrected chi connectivity index (χ2v) is 5.96. The monoisotopic (exact) mass is 294 g/mol. The van der Waals surface area contributed by atoms with E-state index >= 15 is 0 Å². The third-order valence-corrected chi connectivity index (χ3v) is 4.50. The number of halogens is 1. The first-order chi connectivity index (χ1) is 9.85. The zero-order valence-corrected chi connectivity index (χ0v) is 12.6. The molecule has 0 saturated heterocycles. The van der Waals surface area contributed by atoms with Crippen molar-refractivity contribution >= 4 is 17.3 Å². The Labute approximate surface area is 124 Å². The molecule has 1 aliphatic carbocycles. The Hall–Kier alpha value is -1.82. The molecule has 1 fully saturated rings. The van der Waals surface area contributed by atoms with E-state index in [1.165, 1.54) is 18.9 Å². The van der Waals surface area contributed by atoms with Crippen molar-refractivity contribution in [2.45, 2.75) is 31.2 Å². The summed E-state index contributed by atoms with van der Waals surface area (Å²) in [7, 11) is 4.09. The van der Waals surface area contributed by atoms with Crippen LogP contribution in [0.4, 0.5) is 15.8 Å². The van der Waals surface area contributed by atoms with Gasteiger partial charge in [0.1, 0.15) is 5.82 Å². The first kappa shape index (κ1) is 15.6. The van der Waals surface area contributed by atoms with Crippen LogP contribution in [0, 0.1) is 5.82 Å². The lowest BCUT2D eigenvalue weighted by Gasteiger charge is -2.37. The van der Waals surface area contributed by atoms with Gasteiger partial charge >= 0.3 is 0 Å². The number of hydrogen-bond donors (Lipinski definition) is 3. The number of nitrogens with zero attached hydrogens (tertiary/aromatic N) is 1. The maximum Gasteiger partial charge on any atom is 0.250 e. The van der Waals surface area contributed by atoms with Gasteiger partial charge in [-0.1, -0.05) is 12.8 Å². The zero-order chi connectivity index (χ0) is 15.6. The minimum Gasteiger partial charge on any atom is -0.398 e. The standard InChI is InChI=1S/C15H23FN4O/c1-20(2)15(5-3-4-6-15)9-19-13-7-10(14(18)21)12(17)8-11(13)16/h7-8,19H,3-6,9,17H2,1-2H3,(H2,18,21). The maximum atomic E-state index is 14.0. The van der Waals surface area contributed by atoms with Gasteiger partial charge in [-0.25, -0.2) is 4.39 Å². The highest BCUT2D eigenvalue weighted by molar-refractivity contribution is 5.99. The van der Waals surface area contributed by atoms with Crippen LogP contribution in [-0.2, 0) is 0 Å². The van der Waals surface area contributed by atoms with E-state index in [0.717, 1.165) is 18.9 Å². The van der Waals surface area contributed by atoms with Gasteiger partial charge in [-0.15, -0.1) is 0 Å². The topological polar surface area (TPSA) is 84.4 Å². The Morgan fingerprint density at radius 2 is 2.00 bits per heavy atom. The molecule has 0 radical (unpaired) electrons. The van der Waals surface area contributed by atoms with Crippen molar-refractivity contribution in [2.75, 3.05) is 31.7 Å². The molecule has 0 aliphatic heterocycles. The number of amides is 1. The number of carbonyl (C=O) groups excluding carboxylic acids is 1. The molecular formula is C15H23FN4O. The van der Waals surface area contributed by atoms with E-state index in [1.54, 1.807) is 0 Å². The normalized spacial score (nSPS) is 17.1. The van der Waals surface area contributed by atoms with Crippen LogP contribution in [0.2, 0.25) is 0 Å². The Kier molecular flexibility index (Phi) is 4.37. The number of rotatable bonds is 5. The van der Waals surface area contributed by atoms with Crippen molar-refractivity contribution in [3.63, 3.8) is 0 Å². The van der Waals surface area contributed by atoms with E-state index in [-0.39, 0.29) is 22.5 Å². The van der Waals surface area contributed by atoms with Crippen LogP contribution >= 0.6 is 0 Å². The van der Waals surface area contributed by atoms with Crippen molar-refractivity contribution in [1.29, 1.82) is 0 Å². The summed E-state index contributed by atoms with van der Waals surface area (Å²) in [4.78, 5) is 13.5. The molecule has 5 nitrogen and oxygen atoms in total. The largest absolute Gasteiger partial charge is 0.398 e. The van der Waals surface area contributed by atoms with E-state index in [4.69, 9.17) is 11.5 Å². The lowest BCUT2D eigenvalue weighted by atomic mass is 9.96. The van der Waals surface area contributed by atoms with E-state index in [1.807, 2.05) is 14.1 Å². The highest BCUT2D eigenvalue weighted by Gasteiger charge is 2.35. The van der Waals surface area contributed by atoms with E-state index < -0.39 is 11.7 Å². The minimum absolute atomic E-state index is 0.0285. The number of nitrogen functional groups attached to an aromatic ring is 1. The number of nitrogens with two attached hydrogens (primary N) is 2. The molecule has 0 aromatic heterocycles. The summed E-state index contributed by atoms with van der Waals surface area (Å²) in [5.74, 6) is -1.12. The highest BCUT2D eigenvalue weighted by atomic mass is 19.1. The molecule has 6 heteroatoms. The van der Waals surface area contributed by atoms with Gasteiger partial charge in [0, 0.05) is 17.8 Å². The first-order valence-corrected chi connectivity index (χ1v) is 7.16. The van der Waals surface area contributed by atoms with E-state index in [9.17, 15) is 9.18 Å². The fourth-order valence-corrected chi connectivity index (χ4v) is 3.01. The van der Waals surface area contributed by atoms with Crippen molar-refractivity contribution in [1.82, 2.24) is 4.90 Å². The third kappa shape index (κ3) is 3.10. The second-order valence-electron chi connectivity index (χ2n) is 5.96. The number of benzene rings is 1. The van der Waals surface area contributed by atoms with Crippen molar-refractivity contribution < 1.29 is 9.18 Å². The molecule has 2 rings (SSSR count). The molecule has 0 bridgehead atoms. The van der Waals surface area contributed by atoms with Gasteiger partial charge in [0.15, 0.2) is 0 Å². The molecular weight excluding hydrogens is 271 g/mol. The van der Waals surface area contributed by atoms with Gasteiger partial charge in [-0.05, 0) is 39.1 Å². The Morgan fingerprint density at radius 3 is 2.52 bits per heavy atom. The SMILES string of the molecule is CN(C)C1(CNc2cc(C(N)=O)c(N)cc2F)CCCC1. The molecule has 0 unspecified atom stereocenters. The second kappa shape index (κ2) is 5.89. The van der Waals surface area contributed by atoms with Gasteiger partial charge in [0.25, 0.3) is 5.91 Å². The lowest BCUT2D eigenvalue weighted by molar-refractivity contribution is 0.100. The predicted octanol–water partition coefficient (Wildman–Crippen LogP) is 1.79. The maximum absolute atomic E-state index is 14.0. The smallest absolute Gasteiger partial charge is 0.250 e. The zero-order valence-electron chi connectivity index (χ0n) is 12.6. The summed E-state index contributed by atoms with van der Waals surface area (Å²) in [6.45, 7) is 0.624. The fourth-order valence-electron chi connectivity index (χ4n) is 3.01. The average molecular weight is 294 g/mol. The molecule has 1 aliphatic rings. The van der Waals surface area contributed by atoms with E-state index in [0.29, 0.717) is 6.54 Å². The highest BCUT2D eigenvalue weighted by Crippen LogP contribution is 2.34. The summed E-state index contributed by atoms with van der Waals surface area (Å²) in [5, 5.41) is 3.12. The quantitative estimate of drug-likeness (QED) is 0.723. The van der Waals surface area contributed by atoms with Crippen LogP contribution in [0.1, 0.15) is 36.0 Å². The number of nitrogens with one attached hydrogen (secondary N) is 1. The van der Waals surface area contributed by atoms with Crippen molar-refractivity contribution in [2.24, 2.45) is 5.73 Å². The minimum atomic E-state index is -0.654. The molecule has 1 amide bonds. The summed E-state index contributed by atoms with van der Waals surface area (Å²) in [6.07, 6.45) is 4.51. The van der Waals surface area contributed by atoms with Crippen LogP contribution in [0.15, 0.2) is 12.1 Å². The third-order valence-electron chi connectivity index (χ3n) is 4.50. The Bertz CT molecular complexity index is 539. The van der Waals surface area contributed by atoms with Crippen LogP contribution in [-0.4, -0.2) is 37.0 Å². The summed E-state index contributed by atoms with van der Waals surface area (Å²) < 4.78 is 14.0. The number of primary amides is 1. The molecule has 0 spiro atoms. The molecule has 1 aromatic rings. The van der Waals surface area contributed by atoms with Gasteiger partial charge in [-0.3, -0.25) is 4.79 Å². The van der Waals surface area contributed by atoms with E-state index in [2.05, 4.69) is 10.2 Å². The number of carbonyl (C=O) groups is 1. The number of hydrogen-bond acceptors (Lipinski definition) is 4. The molecule has 116 valence electrons. The average Bonchev–Trinajstić information content (AvgIpc) is 2.87. The lowest BCUT2D eigenvalue weighted by Crippen LogP contribution is -2.47. The number of anilines is 2. The van der Waals surface area contributed by atoms with Crippen molar-refractivity contribution in [3.05, 3.63) is 23.5 Å². The van der Waals surface area contributed by atoms with Gasteiger partial charge in [0.2, 0.25) is 0 Å². The fraction of sp³-hybridized carbons (Fsp3) is 0.533.